The Bertz CT molecular complexity index is 1150. The lowest BCUT2D eigenvalue weighted by Gasteiger charge is -2.60. The Hall–Kier alpha value is -2.01. The molecule has 156 valence electrons. The molecule has 2 aromatic carbocycles. The van der Waals surface area contributed by atoms with Crippen LogP contribution in [0, 0.1) is 17.3 Å². The number of benzene rings is 2. The molecule has 4 aliphatic rings. The minimum absolute atomic E-state index is 0.0850. The van der Waals surface area contributed by atoms with E-state index in [4.69, 9.17) is 9.15 Å². The molecule has 4 atom stereocenters. The van der Waals surface area contributed by atoms with Gasteiger partial charge in [0.25, 0.3) is 0 Å². The SMILES string of the molecule is COc1cc2c(cc1NC(=O)CC13C[C@@H]4C[C@@H](CC(Br)(C4)C1)C3)oc1ccccc12. The normalized spacial score (nSPS) is 32.1. The van der Waals surface area contributed by atoms with Gasteiger partial charge in [0.05, 0.1) is 12.8 Å². The maximum Gasteiger partial charge on any atom is 0.225 e. The van der Waals surface area contributed by atoms with E-state index >= 15 is 0 Å². The van der Waals surface area contributed by atoms with Crippen LogP contribution in [0.1, 0.15) is 44.9 Å². The molecule has 2 unspecified atom stereocenters. The summed E-state index contributed by atoms with van der Waals surface area (Å²) in [5.41, 5.74) is 2.44. The first-order valence-corrected chi connectivity index (χ1v) is 11.7. The zero-order valence-electron chi connectivity index (χ0n) is 17.2. The molecule has 30 heavy (non-hydrogen) atoms. The van der Waals surface area contributed by atoms with Gasteiger partial charge in [-0.3, -0.25) is 4.79 Å². The lowest BCUT2D eigenvalue weighted by atomic mass is 9.48. The summed E-state index contributed by atoms with van der Waals surface area (Å²) >= 11 is 4.05. The molecule has 3 aromatic rings. The number of hydrogen-bond donors (Lipinski definition) is 1. The Morgan fingerprint density at radius 2 is 1.90 bits per heavy atom. The number of para-hydroxylation sites is 1. The van der Waals surface area contributed by atoms with E-state index in [1.165, 1.54) is 32.1 Å². The van der Waals surface area contributed by atoms with Gasteiger partial charge in [-0.1, -0.05) is 34.1 Å². The lowest BCUT2D eigenvalue weighted by molar-refractivity contribution is -0.123. The van der Waals surface area contributed by atoms with Crippen LogP contribution < -0.4 is 10.1 Å². The maximum atomic E-state index is 13.2. The number of ether oxygens (including phenoxy) is 1. The molecule has 1 aromatic heterocycles. The minimum atomic E-state index is 0.0850. The molecule has 4 aliphatic carbocycles. The third-order valence-corrected chi connectivity index (χ3v) is 8.55. The Morgan fingerprint density at radius 3 is 2.63 bits per heavy atom. The fourth-order valence-electron chi connectivity index (χ4n) is 7.10. The Balaban J connectivity index is 1.29. The monoisotopic (exact) mass is 467 g/mol. The van der Waals surface area contributed by atoms with Crippen molar-refractivity contribution in [3.8, 4) is 5.75 Å². The van der Waals surface area contributed by atoms with Gasteiger partial charge < -0.3 is 14.5 Å². The quantitative estimate of drug-likeness (QED) is 0.436. The van der Waals surface area contributed by atoms with Crippen LogP contribution in [0.15, 0.2) is 40.8 Å². The Labute approximate surface area is 184 Å². The third-order valence-electron chi connectivity index (χ3n) is 7.62. The van der Waals surface area contributed by atoms with Gasteiger partial charge in [-0.15, -0.1) is 0 Å². The van der Waals surface area contributed by atoms with Gasteiger partial charge in [-0.25, -0.2) is 0 Å². The summed E-state index contributed by atoms with van der Waals surface area (Å²) in [6, 6.07) is 11.8. The van der Waals surface area contributed by atoms with E-state index in [2.05, 4.69) is 21.2 Å². The first kappa shape index (κ1) is 18.7. The van der Waals surface area contributed by atoms with E-state index in [1.54, 1.807) is 7.11 Å². The van der Waals surface area contributed by atoms with Crippen LogP contribution in [-0.2, 0) is 4.79 Å². The average Bonchev–Trinajstić information content (AvgIpc) is 3.02. The highest BCUT2D eigenvalue weighted by Gasteiger charge is 2.57. The number of furan rings is 1. The second kappa shape index (κ2) is 6.49. The summed E-state index contributed by atoms with van der Waals surface area (Å²) < 4.78 is 11.9. The van der Waals surface area contributed by atoms with Gasteiger partial charge in [-0.05, 0) is 67.9 Å². The number of nitrogens with one attached hydrogen (secondary N) is 1. The van der Waals surface area contributed by atoms with Crippen LogP contribution in [0.2, 0.25) is 0 Å². The largest absolute Gasteiger partial charge is 0.495 e. The second-order valence-corrected chi connectivity index (χ2v) is 11.7. The summed E-state index contributed by atoms with van der Waals surface area (Å²) in [5.74, 6) is 2.31. The summed E-state index contributed by atoms with van der Waals surface area (Å²) in [5, 5.41) is 5.20. The number of carbonyl (C=O) groups is 1. The molecule has 4 fully saturated rings. The van der Waals surface area contributed by atoms with Crippen LogP contribution in [0.4, 0.5) is 5.69 Å². The topological polar surface area (TPSA) is 51.5 Å². The van der Waals surface area contributed by atoms with Gasteiger partial charge in [0.15, 0.2) is 0 Å². The predicted molar refractivity (Wildman–Crippen MR) is 122 cm³/mol. The Kier molecular flexibility index (Phi) is 4.05. The third kappa shape index (κ3) is 2.96. The van der Waals surface area contributed by atoms with Crippen molar-refractivity contribution >= 4 is 49.5 Å². The van der Waals surface area contributed by atoms with Crippen LogP contribution in [-0.4, -0.2) is 17.3 Å². The molecule has 0 saturated heterocycles. The molecule has 1 heterocycles. The van der Waals surface area contributed by atoms with Gasteiger partial charge in [0.1, 0.15) is 16.9 Å². The number of anilines is 1. The van der Waals surface area contributed by atoms with Gasteiger partial charge in [0.2, 0.25) is 5.91 Å². The smallest absolute Gasteiger partial charge is 0.225 e. The number of halogens is 1. The number of rotatable bonds is 4. The number of carbonyl (C=O) groups excluding carboxylic acids is 1. The molecule has 0 radical (unpaired) electrons. The molecule has 4 bridgehead atoms. The summed E-state index contributed by atoms with van der Waals surface area (Å²) in [4.78, 5) is 13.2. The highest BCUT2D eigenvalue weighted by atomic mass is 79.9. The molecule has 4 nitrogen and oxygen atoms in total. The standard InChI is InChI=1S/C25H26BrNO3/c1-29-22-7-18-17-4-2-3-5-20(17)30-21(18)8-19(22)27-23(28)13-24-9-15-6-16(10-24)12-25(26,11-15)14-24/h2-5,7-8,15-16H,6,9-14H2,1H3,(H,27,28)/t15-,16+,24?,25?. The van der Waals surface area contributed by atoms with Gasteiger partial charge in [0, 0.05) is 27.6 Å². The predicted octanol–water partition coefficient (Wildman–Crippen LogP) is 6.66. The second-order valence-electron chi connectivity index (χ2n) is 9.98. The van der Waals surface area contributed by atoms with Crippen LogP contribution in [0.5, 0.6) is 5.75 Å². The molecule has 0 aliphatic heterocycles. The van der Waals surface area contributed by atoms with E-state index in [0.717, 1.165) is 40.2 Å². The van der Waals surface area contributed by atoms with Crippen molar-refractivity contribution in [1.29, 1.82) is 0 Å². The maximum absolute atomic E-state index is 13.2. The van der Waals surface area contributed by atoms with Crippen molar-refractivity contribution in [3.05, 3.63) is 36.4 Å². The van der Waals surface area contributed by atoms with Crippen molar-refractivity contribution < 1.29 is 13.9 Å². The molecule has 7 rings (SSSR count). The highest BCUT2D eigenvalue weighted by Crippen LogP contribution is 2.65. The number of alkyl halides is 1. The number of methoxy groups -OCH3 is 1. The highest BCUT2D eigenvalue weighted by molar-refractivity contribution is 9.10. The molecular weight excluding hydrogens is 442 g/mol. The number of hydrogen-bond acceptors (Lipinski definition) is 3. The van der Waals surface area contributed by atoms with Crippen LogP contribution in [0.25, 0.3) is 21.9 Å². The fourth-order valence-corrected chi connectivity index (χ4v) is 8.61. The van der Waals surface area contributed by atoms with Crippen molar-refractivity contribution in [2.45, 2.75) is 49.3 Å². The van der Waals surface area contributed by atoms with Crippen LogP contribution >= 0.6 is 15.9 Å². The average molecular weight is 468 g/mol. The Morgan fingerprint density at radius 1 is 1.13 bits per heavy atom. The van der Waals surface area contributed by atoms with E-state index in [9.17, 15) is 4.79 Å². The van der Waals surface area contributed by atoms with Gasteiger partial charge >= 0.3 is 0 Å². The zero-order chi connectivity index (χ0) is 20.5. The molecule has 1 N–H and O–H groups in total. The number of fused-ring (bicyclic) bond motifs is 3. The minimum Gasteiger partial charge on any atom is -0.495 e. The molecule has 1 amide bonds. The van der Waals surface area contributed by atoms with Crippen molar-refractivity contribution in [3.63, 3.8) is 0 Å². The molecular formula is C25H26BrNO3. The number of amides is 1. The van der Waals surface area contributed by atoms with Crippen molar-refractivity contribution in [1.82, 2.24) is 0 Å². The lowest BCUT2D eigenvalue weighted by Crippen LogP contribution is -2.53. The van der Waals surface area contributed by atoms with Gasteiger partial charge in [-0.2, -0.15) is 0 Å². The van der Waals surface area contributed by atoms with Crippen molar-refractivity contribution in [2.24, 2.45) is 17.3 Å². The van der Waals surface area contributed by atoms with Crippen LogP contribution in [0.3, 0.4) is 0 Å². The molecule has 5 heteroatoms. The van der Waals surface area contributed by atoms with Crippen molar-refractivity contribution in [2.75, 3.05) is 12.4 Å². The fraction of sp³-hybridized carbons (Fsp3) is 0.480. The first-order valence-electron chi connectivity index (χ1n) is 10.9. The van der Waals surface area contributed by atoms with E-state index in [1.807, 2.05) is 36.4 Å². The van der Waals surface area contributed by atoms with E-state index in [-0.39, 0.29) is 15.6 Å². The first-order chi connectivity index (χ1) is 14.4. The van der Waals surface area contributed by atoms with E-state index < -0.39 is 0 Å². The summed E-state index contributed by atoms with van der Waals surface area (Å²) in [7, 11) is 1.65. The zero-order valence-corrected chi connectivity index (χ0v) is 18.8. The van der Waals surface area contributed by atoms with E-state index in [0.29, 0.717) is 17.9 Å². The summed E-state index contributed by atoms with van der Waals surface area (Å²) in [6.07, 6.45) is 8.03. The molecule has 0 spiro atoms. The molecule has 4 saturated carbocycles. The summed E-state index contributed by atoms with van der Waals surface area (Å²) in [6.45, 7) is 0.